The van der Waals surface area contributed by atoms with E-state index in [0.717, 1.165) is 31.0 Å². The second kappa shape index (κ2) is 10.7. The Bertz CT molecular complexity index is 870. The molecule has 0 bridgehead atoms. The Kier molecular flexibility index (Phi) is 7.81. The van der Waals surface area contributed by atoms with Gasteiger partial charge in [0.05, 0.1) is 6.54 Å². The maximum absolute atomic E-state index is 14.3. The summed E-state index contributed by atoms with van der Waals surface area (Å²) in [5.41, 5.74) is 0.118. The number of hydroxylamine groups is 2. The standard InChI is InChI=1S/C23H28FN3O4/c1-17(28)25-16-20(19-9-3-4-10-21(19)24)23(30)31-27-14-7-8-18(22(27)29)11-15-26-12-5-2-6-13-26/h2-6,9-10,12,18,20H,7-8,11,13-16H2,1H3,(H,25,28). The van der Waals surface area contributed by atoms with Crippen LogP contribution in [0.5, 0.6) is 0 Å². The van der Waals surface area contributed by atoms with Crippen molar-refractivity contribution in [3.05, 3.63) is 60.1 Å². The van der Waals surface area contributed by atoms with Crippen LogP contribution in [-0.2, 0) is 19.2 Å². The summed E-state index contributed by atoms with van der Waals surface area (Å²) >= 11 is 0. The fraction of sp³-hybridized carbons (Fsp3) is 0.435. The molecule has 1 saturated heterocycles. The minimum absolute atomic E-state index is 0.116. The Morgan fingerprint density at radius 1 is 1.29 bits per heavy atom. The van der Waals surface area contributed by atoms with E-state index in [2.05, 4.69) is 16.3 Å². The highest BCUT2D eigenvalue weighted by molar-refractivity contribution is 5.84. The molecule has 1 fully saturated rings. The van der Waals surface area contributed by atoms with E-state index in [9.17, 15) is 18.8 Å². The first-order chi connectivity index (χ1) is 15.0. The molecule has 2 aliphatic rings. The largest absolute Gasteiger partial charge is 0.374 e. The second-order valence-corrected chi connectivity index (χ2v) is 7.75. The van der Waals surface area contributed by atoms with Gasteiger partial charge < -0.3 is 15.1 Å². The van der Waals surface area contributed by atoms with Crippen LogP contribution in [0.1, 0.15) is 37.7 Å². The van der Waals surface area contributed by atoms with E-state index in [1.54, 1.807) is 6.07 Å². The van der Waals surface area contributed by atoms with Crippen molar-refractivity contribution in [3.8, 4) is 0 Å². The smallest absolute Gasteiger partial charge is 0.341 e. The highest BCUT2D eigenvalue weighted by atomic mass is 19.1. The number of benzene rings is 1. The summed E-state index contributed by atoms with van der Waals surface area (Å²) in [6, 6.07) is 5.85. The van der Waals surface area contributed by atoms with Gasteiger partial charge in [-0.2, -0.15) is 5.06 Å². The maximum atomic E-state index is 14.3. The maximum Gasteiger partial charge on any atom is 0.341 e. The van der Waals surface area contributed by atoms with Gasteiger partial charge in [0.1, 0.15) is 11.7 Å². The summed E-state index contributed by atoms with van der Waals surface area (Å²) in [4.78, 5) is 44.6. The van der Waals surface area contributed by atoms with Crippen molar-refractivity contribution in [1.29, 1.82) is 0 Å². The Balaban J connectivity index is 1.63. The molecule has 166 valence electrons. The molecule has 2 heterocycles. The molecule has 0 radical (unpaired) electrons. The van der Waals surface area contributed by atoms with Crippen molar-refractivity contribution >= 4 is 17.8 Å². The summed E-state index contributed by atoms with van der Waals surface area (Å²) in [6.45, 7) is 3.05. The number of hydrogen-bond donors (Lipinski definition) is 1. The fourth-order valence-electron chi connectivity index (χ4n) is 3.77. The highest BCUT2D eigenvalue weighted by Crippen LogP contribution is 2.25. The molecular formula is C23H28FN3O4. The average molecular weight is 429 g/mol. The molecular weight excluding hydrogens is 401 g/mol. The van der Waals surface area contributed by atoms with Gasteiger partial charge >= 0.3 is 5.97 Å². The summed E-state index contributed by atoms with van der Waals surface area (Å²) in [5, 5.41) is 3.64. The first-order valence-electron chi connectivity index (χ1n) is 10.5. The monoisotopic (exact) mass is 429 g/mol. The number of nitrogens with zero attached hydrogens (tertiary/aromatic N) is 2. The molecule has 3 rings (SSSR count). The molecule has 31 heavy (non-hydrogen) atoms. The van der Waals surface area contributed by atoms with Crippen LogP contribution in [0.25, 0.3) is 0 Å². The zero-order valence-electron chi connectivity index (χ0n) is 17.6. The number of halogens is 1. The summed E-state index contributed by atoms with van der Waals surface area (Å²) in [6.07, 6.45) is 10.1. The minimum Gasteiger partial charge on any atom is -0.374 e. The van der Waals surface area contributed by atoms with E-state index in [4.69, 9.17) is 4.84 Å². The minimum atomic E-state index is -1.05. The van der Waals surface area contributed by atoms with Crippen molar-refractivity contribution in [2.75, 3.05) is 26.2 Å². The van der Waals surface area contributed by atoms with E-state index in [1.807, 2.05) is 18.4 Å². The normalized spacial score (nSPS) is 19.3. The van der Waals surface area contributed by atoms with Crippen molar-refractivity contribution in [1.82, 2.24) is 15.3 Å². The van der Waals surface area contributed by atoms with Crippen LogP contribution in [0.15, 0.2) is 48.7 Å². The first kappa shape index (κ1) is 22.5. The van der Waals surface area contributed by atoms with Crippen molar-refractivity contribution < 1.29 is 23.6 Å². The van der Waals surface area contributed by atoms with E-state index < -0.39 is 17.7 Å². The van der Waals surface area contributed by atoms with Crippen LogP contribution in [0.4, 0.5) is 4.39 Å². The van der Waals surface area contributed by atoms with Gasteiger partial charge in [-0.3, -0.25) is 9.59 Å². The second-order valence-electron chi connectivity index (χ2n) is 7.75. The van der Waals surface area contributed by atoms with Crippen LogP contribution in [0.3, 0.4) is 0 Å². The number of rotatable bonds is 8. The Hall–Kier alpha value is -3.16. The van der Waals surface area contributed by atoms with Gasteiger partial charge in [-0.1, -0.05) is 30.4 Å². The van der Waals surface area contributed by atoms with Gasteiger partial charge in [0, 0.05) is 38.0 Å². The van der Waals surface area contributed by atoms with Gasteiger partial charge in [0.15, 0.2) is 0 Å². The molecule has 2 atom stereocenters. The molecule has 7 nitrogen and oxygen atoms in total. The predicted molar refractivity (Wildman–Crippen MR) is 113 cm³/mol. The Labute approximate surface area is 181 Å². The Morgan fingerprint density at radius 3 is 2.81 bits per heavy atom. The number of hydrogen-bond acceptors (Lipinski definition) is 5. The molecule has 0 aliphatic carbocycles. The van der Waals surface area contributed by atoms with E-state index in [0.29, 0.717) is 13.0 Å². The van der Waals surface area contributed by atoms with Crippen LogP contribution >= 0.6 is 0 Å². The van der Waals surface area contributed by atoms with E-state index in [-0.39, 0.29) is 29.8 Å². The number of carbonyl (C=O) groups excluding carboxylic acids is 3. The average Bonchev–Trinajstić information content (AvgIpc) is 2.76. The zero-order valence-corrected chi connectivity index (χ0v) is 17.6. The van der Waals surface area contributed by atoms with E-state index >= 15 is 0 Å². The topological polar surface area (TPSA) is 79.0 Å². The third kappa shape index (κ3) is 6.16. The molecule has 0 spiro atoms. The molecule has 1 N–H and O–H groups in total. The van der Waals surface area contributed by atoms with Crippen LogP contribution in [0.2, 0.25) is 0 Å². The lowest BCUT2D eigenvalue weighted by Gasteiger charge is -2.32. The number of piperidine rings is 1. The molecule has 1 aromatic carbocycles. The molecule has 2 unspecified atom stereocenters. The fourth-order valence-corrected chi connectivity index (χ4v) is 3.77. The lowest BCUT2D eigenvalue weighted by molar-refractivity contribution is -0.206. The molecule has 2 amide bonds. The summed E-state index contributed by atoms with van der Waals surface area (Å²) in [5.74, 6) is -3.20. The quantitative estimate of drug-likeness (QED) is 0.687. The SMILES string of the molecule is CC(=O)NCC(C(=O)ON1CCCC(CCN2C=CC=CC2)C1=O)c1ccccc1F. The lowest BCUT2D eigenvalue weighted by atomic mass is 9.94. The predicted octanol–water partition coefficient (Wildman–Crippen LogP) is 2.52. The number of carbonyl (C=O) groups is 3. The number of allylic oxidation sites excluding steroid dienone is 2. The van der Waals surface area contributed by atoms with Gasteiger partial charge in [0.2, 0.25) is 5.91 Å². The van der Waals surface area contributed by atoms with E-state index in [1.165, 1.54) is 25.1 Å². The van der Waals surface area contributed by atoms with Gasteiger partial charge in [0.25, 0.3) is 5.91 Å². The van der Waals surface area contributed by atoms with Crippen molar-refractivity contribution in [2.45, 2.75) is 32.1 Å². The van der Waals surface area contributed by atoms with Gasteiger partial charge in [-0.15, -0.1) is 0 Å². The first-order valence-corrected chi connectivity index (χ1v) is 10.5. The Morgan fingerprint density at radius 2 is 2.10 bits per heavy atom. The summed E-state index contributed by atoms with van der Waals surface area (Å²) in [7, 11) is 0. The molecule has 0 saturated carbocycles. The van der Waals surface area contributed by atoms with Crippen LogP contribution in [0, 0.1) is 11.7 Å². The highest BCUT2D eigenvalue weighted by Gasteiger charge is 2.34. The summed E-state index contributed by atoms with van der Waals surface area (Å²) < 4.78 is 14.3. The van der Waals surface area contributed by atoms with Gasteiger partial charge in [-0.05, 0) is 37.6 Å². The molecule has 2 aliphatic heterocycles. The van der Waals surface area contributed by atoms with Crippen LogP contribution in [-0.4, -0.2) is 53.9 Å². The zero-order chi connectivity index (χ0) is 22.2. The lowest BCUT2D eigenvalue weighted by Crippen LogP contribution is -2.45. The molecule has 8 heteroatoms. The van der Waals surface area contributed by atoms with Crippen LogP contribution < -0.4 is 5.32 Å². The molecule has 1 aromatic rings. The van der Waals surface area contributed by atoms with Crippen molar-refractivity contribution in [2.24, 2.45) is 5.92 Å². The van der Waals surface area contributed by atoms with Gasteiger partial charge in [-0.25, -0.2) is 9.18 Å². The third-order valence-electron chi connectivity index (χ3n) is 5.48. The third-order valence-corrected chi connectivity index (χ3v) is 5.48. The van der Waals surface area contributed by atoms with Crippen molar-refractivity contribution in [3.63, 3.8) is 0 Å². The number of nitrogens with one attached hydrogen (secondary N) is 1. The number of amides is 2. The molecule has 0 aromatic heterocycles.